The Kier molecular flexibility index (Phi) is 3.89. The van der Waals surface area contributed by atoms with Crippen molar-refractivity contribution in [2.75, 3.05) is 17.7 Å². The highest BCUT2D eigenvalue weighted by molar-refractivity contribution is 5.92. The van der Waals surface area contributed by atoms with Gasteiger partial charge in [-0.25, -0.2) is 4.39 Å². The summed E-state index contributed by atoms with van der Waals surface area (Å²) >= 11 is 0. The molecular formula is C15H16FN3O. The number of halogens is 1. The van der Waals surface area contributed by atoms with E-state index >= 15 is 0 Å². The minimum atomic E-state index is -0.571. The van der Waals surface area contributed by atoms with E-state index in [0.29, 0.717) is 23.4 Å². The number of amides is 1. The second-order valence-corrected chi connectivity index (χ2v) is 4.62. The second-order valence-electron chi connectivity index (χ2n) is 4.62. The summed E-state index contributed by atoms with van der Waals surface area (Å²) in [6.07, 6.45) is 0. The number of hydrogen-bond donors (Lipinski definition) is 2. The highest BCUT2D eigenvalue weighted by Gasteiger charge is 2.10. The molecule has 0 fully saturated rings. The van der Waals surface area contributed by atoms with E-state index in [1.54, 1.807) is 12.1 Å². The molecule has 2 rings (SSSR count). The van der Waals surface area contributed by atoms with Crippen molar-refractivity contribution < 1.29 is 9.18 Å². The summed E-state index contributed by atoms with van der Waals surface area (Å²) < 4.78 is 13.8. The maximum atomic E-state index is 13.8. The third kappa shape index (κ3) is 3.06. The van der Waals surface area contributed by atoms with Crippen molar-refractivity contribution in [1.82, 2.24) is 0 Å². The lowest BCUT2D eigenvalue weighted by atomic mass is 10.1. The summed E-state index contributed by atoms with van der Waals surface area (Å²) in [6.45, 7) is 0.316. The zero-order valence-electron chi connectivity index (χ0n) is 11.1. The number of benzene rings is 2. The number of nitrogens with two attached hydrogens (primary N) is 2. The third-order valence-electron chi connectivity index (χ3n) is 3.05. The molecule has 0 atom stereocenters. The Morgan fingerprint density at radius 2 is 2.00 bits per heavy atom. The maximum Gasteiger partial charge on any atom is 0.248 e. The predicted molar refractivity (Wildman–Crippen MR) is 77.9 cm³/mol. The van der Waals surface area contributed by atoms with Gasteiger partial charge in [-0.3, -0.25) is 4.79 Å². The third-order valence-corrected chi connectivity index (χ3v) is 3.05. The zero-order chi connectivity index (χ0) is 14.7. The predicted octanol–water partition coefficient (Wildman–Crippen LogP) is 2.14. The van der Waals surface area contributed by atoms with Crippen molar-refractivity contribution in [1.29, 1.82) is 0 Å². The lowest BCUT2D eigenvalue weighted by Gasteiger charge is -2.20. The first-order valence-electron chi connectivity index (χ1n) is 6.12. The van der Waals surface area contributed by atoms with Crippen LogP contribution in [0.25, 0.3) is 0 Å². The summed E-state index contributed by atoms with van der Waals surface area (Å²) in [5.74, 6) is -0.941. The number of primary amides is 1. The van der Waals surface area contributed by atoms with Gasteiger partial charge in [-0.15, -0.1) is 0 Å². The molecule has 0 aliphatic rings. The van der Waals surface area contributed by atoms with Gasteiger partial charge in [0.25, 0.3) is 0 Å². The van der Waals surface area contributed by atoms with Gasteiger partial charge in [-0.05, 0) is 36.4 Å². The molecule has 0 aromatic heterocycles. The summed E-state index contributed by atoms with van der Waals surface area (Å²) in [6, 6.07) is 11.4. The van der Waals surface area contributed by atoms with E-state index in [1.165, 1.54) is 18.2 Å². The number of carbonyl (C=O) groups is 1. The summed E-state index contributed by atoms with van der Waals surface area (Å²) in [5, 5.41) is 0. The molecule has 2 aromatic rings. The molecule has 1 amide bonds. The normalized spacial score (nSPS) is 10.3. The van der Waals surface area contributed by atoms with Crippen molar-refractivity contribution in [3.63, 3.8) is 0 Å². The number of rotatable bonds is 4. The Bertz CT molecular complexity index is 643. The van der Waals surface area contributed by atoms with Crippen LogP contribution in [-0.4, -0.2) is 13.0 Å². The second kappa shape index (κ2) is 5.61. The molecule has 0 saturated heterocycles. The van der Waals surface area contributed by atoms with Crippen LogP contribution in [-0.2, 0) is 6.54 Å². The molecule has 4 nitrogen and oxygen atoms in total. The standard InChI is InChI=1S/C15H16FN3O/c1-19(13-4-2-3-12(17)8-13)9-11-7-10(15(18)20)5-6-14(11)16/h2-8H,9,17H2,1H3,(H2,18,20). The highest BCUT2D eigenvalue weighted by Crippen LogP contribution is 2.20. The molecule has 0 radical (unpaired) electrons. The number of nitrogen functional groups attached to an aromatic ring is 1. The molecule has 5 heteroatoms. The number of hydrogen-bond acceptors (Lipinski definition) is 3. The van der Waals surface area contributed by atoms with Gasteiger partial charge in [0, 0.05) is 36.1 Å². The fourth-order valence-electron chi connectivity index (χ4n) is 1.96. The zero-order valence-corrected chi connectivity index (χ0v) is 11.1. The van der Waals surface area contributed by atoms with Gasteiger partial charge in [0.05, 0.1) is 0 Å². The monoisotopic (exact) mass is 273 g/mol. The van der Waals surface area contributed by atoms with Gasteiger partial charge in [0.15, 0.2) is 0 Å². The quantitative estimate of drug-likeness (QED) is 0.838. The number of nitrogens with zero attached hydrogens (tertiary/aromatic N) is 1. The molecular weight excluding hydrogens is 257 g/mol. The first-order valence-corrected chi connectivity index (χ1v) is 6.12. The van der Waals surface area contributed by atoms with E-state index in [0.717, 1.165) is 5.69 Å². The van der Waals surface area contributed by atoms with Crippen molar-refractivity contribution in [2.45, 2.75) is 6.54 Å². The average Bonchev–Trinajstić information content (AvgIpc) is 2.41. The Balaban J connectivity index is 2.25. The summed E-state index contributed by atoms with van der Waals surface area (Å²) in [5.41, 5.74) is 13.1. The Morgan fingerprint density at radius 1 is 1.25 bits per heavy atom. The largest absolute Gasteiger partial charge is 0.399 e. The van der Waals surface area contributed by atoms with Crippen LogP contribution in [0.3, 0.4) is 0 Å². The van der Waals surface area contributed by atoms with Crippen LogP contribution in [0.1, 0.15) is 15.9 Å². The molecule has 0 bridgehead atoms. The Morgan fingerprint density at radius 3 is 2.65 bits per heavy atom. The van der Waals surface area contributed by atoms with Crippen LogP contribution in [0.4, 0.5) is 15.8 Å². The fourth-order valence-corrected chi connectivity index (χ4v) is 1.96. The van der Waals surface area contributed by atoms with Crippen LogP contribution in [0.5, 0.6) is 0 Å². The van der Waals surface area contributed by atoms with E-state index in [4.69, 9.17) is 11.5 Å². The fraction of sp³-hybridized carbons (Fsp3) is 0.133. The topological polar surface area (TPSA) is 72.3 Å². The van der Waals surface area contributed by atoms with Crippen LogP contribution in [0, 0.1) is 5.82 Å². The molecule has 0 aliphatic carbocycles. The number of anilines is 2. The molecule has 0 saturated carbocycles. The Labute approximate surface area is 116 Å². The van der Waals surface area contributed by atoms with Crippen molar-refractivity contribution in [3.8, 4) is 0 Å². The van der Waals surface area contributed by atoms with Crippen molar-refractivity contribution >= 4 is 17.3 Å². The van der Waals surface area contributed by atoms with Crippen molar-refractivity contribution in [3.05, 3.63) is 59.4 Å². The summed E-state index contributed by atoms with van der Waals surface area (Å²) in [4.78, 5) is 13.0. The summed E-state index contributed by atoms with van der Waals surface area (Å²) in [7, 11) is 1.82. The van der Waals surface area contributed by atoms with E-state index < -0.39 is 5.91 Å². The molecule has 104 valence electrons. The van der Waals surface area contributed by atoms with E-state index in [9.17, 15) is 9.18 Å². The maximum absolute atomic E-state index is 13.8. The lowest BCUT2D eigenvalue weighted by molar-refractivity contribution is 0.1000. The molecule has 20 heavy (non-hydrogen) atoms. The van der Waals surface area contributed by atoms with Gasteiger partial charge in [-0.1, -0.05) is 6.07 Å². The average molecular weight is 273 g/mol. The first-order chi connectivity index (χ1) is 9.47. The molecule has 0 heterocycles. The SMILES string of the molecule is CN(Cc1cc(C(N)=O)ccc1F)c1cccc(N)c1. The number of carbonyl (C=O) groups excluding carboxylic acids is 1. The highest BCUT2D eigenvalue weighted by atomic mass is 19.1. The van der Waals surface area contributed by atoms with E-state index in [1.807, 2.05) is 24.1 Å². The smallest absolute Gasteiger partial charge is 0.248 e. The molecule has 0 aliphatic heterocycles. The van der Waals surface area contributed by atoms with Gasteiger partial charge in [-0.2, -0.15) is 0 Å². The molecule has 0 spiro atoms. The Hall–Kier alpha value is -2.56. The van der Waals surface area contributed by atoms with Crippen LogP contribution < -0.4 is 16.4 Å². The van der Waals surface area contributed by atoms with Gasteiger partial charge < -0.3 is 16.4 Å². The van der Waals surface area contributed by atoms with Gasteiger partial charge >= 0.3 is 0 Å². The van der Waals surface area contributed by atoms with Crippen molar-refractivity contribution in [2.24, 2.45) is 5.73 Å². The lowest BCUT2D eigenvalue weighted by Crippen LogP contribution is -2.18. The van der Waals surface area contributed by atoms with E-state index in [2.05, 4.69) is 0 Å². The minimum absolute atomic E-state index is 0.294. The minimum Gasteiger partial charge on any atom is -0.399 e. The molecule has 2 aromatic carbocycles. The van der Waals surface area contributed by atoms with Gasteiger partial charge in [0.1, 0.15) is 5.82 Å². The molecule has 4 N–H and O–H groups in total. The molecule has 0 unspecified atom stereocenters. The van der Waals surface area contributed by atoms with Crippen LogP contribution in [0.15, 0.2) is 42.5 Å². The first kappa shape index (κ1) is 13.9. The van der Waals surface area contributed by atoms with E-state index in [-0.39, 0.29) is 5.82 Å². The van der Waals surface area contributed by atoms with Gasteiger partial charge in [0.2, 0.25) is 5.91 Å². The van der Waals surface area contributed by atoms with Crippen LogP contribution >= 0.6 is 0 Å². The van der Waals surface area contributed by atoms with Crippen LogP contribution in [0.2, 0.25) is 0 Å².